The summed E-state index contributed by atoms with van der Waals surface area (Å²) in [6.45, 7) is 2.72. The molecule has 1 aliphatic carbocycles. The van der Waals surface area contributed by atoms with Crippen molar-refractivity contribution in [1.29, 1.82) is 0 Å². The number of fused-ring (bicyclic) bond motifs is 2. The maximum atomic E-state index is 12.7. The molecule has 6 heteroatoms. The minimum absolute atomic E-state index is 0.168. The van der Waals surface area contributed by atoms with E-state index < -0.39 is 18.7 Å². The second kappa shape index (κ2) is 7.83. The largest absolute Gasteiger partial charge is 0.456 e. The van der Waals surface area contributed by atoms with Crippen LogP contribution in [0.5, 0.6) is 0 Å². The fourth-order valence-electron chi connectivity index (χ4n) is 3.39. The van der Waals surface area contributed by atoms with Crippen LogP contribution in [0.25, 0.3) is 33.4 Å². The summed E-state index contributed by atoms with van der Waals surface area (Å²) in [5.41, 5.74) is 3.83. The Bertz CT molecular complexity index is 1300. The first-order valence-corrected chi connectivity index (χ1v) is 9.31. The van der Waals surface area contributed by atoms with Crippen molar-refractivity contribution < 1.29 is 23.5 Å². The molecule has 30 heavy (non-hydrogen) atoms. The molecule has 150 valence electrons. The topological polar surface area (TPSA) is 82.8 Å². The second-order valence-corrected chi connectivity index (χ2v) is 6.87. The molecule has 0 saturated carbocycles. The van der Waals surface area contributed by atoms with Gasteiger partial charge in [0.2, 0.25) is 6.79 Å². The molecule has 0 bridgehead atoms. The number of esters is 2. The van der Waals surface area contributed by atoms with Crippen molar-refractivity contribution in [2.45, 2.75) is 13.8 Å². The van der Waals surface area contributed by atoms with E-state index in [2.05, 4.69) is 0 Å². The van der Waals surface area contributed by atoms with Gasteiger partial charge in [-0.15, -0.1) is 0 Å². The number of rotatable bonds is 4. The molecule has 0 unspecified atom stereocenters. The fourth-order valence-corrected chi connectivity index (χ4v) is 3.39. The Morgan fingerprint density at radius 3 is 2.53 bits per heavy atom. The monoisotopic (exact) mass is 402 g/mol. The van der Waals surface area contributed by atoms with Crippen LogP contribution >= 0.6 is 0 Å². The van der Waals surface area contributed by atoms with Gasteiger partial charge in [-0.3, -0.25) is 9.59 Å². The number of carbonyl (C=O) groups excluding carboxylic acids is 2. The van der Waals surface area contributed by atoms with E-state index in [0.717, 1.165) is 16.5 Å². The summed E-state index contributed by atoms with van der Waals surface area (Å²) in [7, 11) is 0. The van der Waals surface area contributed by atoms with Crippen LogP contribution in [0.4, 0.5) is 0 Å². The van der Waals surface area contributed by atoms with Crippen molar-refractivity contribution in [3.05, 3.63) is 82.0 Å². The highest BCUT2D eigenvalue weighted by Crippen LogP contribution is 2.41. The van der Waals surface area contributed by atoms with Crippen molar-refractivity contribution in [2.24, 2.45) is 0 Å². The summed E-state index contributed by atoms with van der Waals surface area (Å²) in [6.07, 6.45) is 0. The number of hydrogen-bond donors (Lipinski definition) is 0. The van der Waals surface area contributed by atoms with Gasteiger partial charge in [-0.2, -0.15) is 0 Å². The van der Waals surface area contributed by atoms with E-state index >= 15 is 0 Å². The van der Waals surface area contributed by atoms with Gasteiger partial charge < -0.3 is 13.9 Å². The van der Waals surface area contributed by atoms with E-state index in [4.69, 9.17) is 13.9 Å². The molecule has 2 aliphatic rings. The molecule has 6 nitrogen and oxygen atoms in total. The molecule has 0 saturated heterocycles. The maximum absolute atomic E-state index is 12.7. The van der Waals surface area contributed by atoms with Gasteiger partial charge in [-0.1, -0.05) is 30.3 Å². The van der Waals surface area contributed by atoms with Crippen LogP contribution in [0.1, 0.15) is 22.8 Å². The van der Waals surface area contributed by atoms with Crippen LogP contribution < -0.4 is 5.43 Å². The molecule has 0 aromatic heterocycles. The van der Waals surface area contributed by atoms with Crippen molar-refractivity contribution >= 4 is 22.9 Å². The number of hydrogen-bond acceptors (Lipinski definition) is 6. The standard InChI is InChI=1S/C24H18O6/c1-14-7-9-19-21(11-14)30-22-12-16(26)8-10-20(22)23(19)17-5-3-4-6-18(17)24(27)29-13-28-15(2)25/h3-12H,13H2,1-2H3. The number of aryl methyl sites for hydroxylation is 1. The molecule has 2 aromatic rings. The third kappa shape index (κ3) is 3.67. The predicted octanol–water partition coefficient (Wildman–Crippen LogP) is 4.55. The van der Waals surface area contributed by atoms with E-state index in [0.29, 0.717) is 28.0 Å². The zero-order chi connectivity index (χ0) is 21.3. The normalized spacial score (nSPS) is 10.9. The fraction of sp³-hybridized carbons (Fsp3) is 0.125. The minimum atomic E-state index is -0.624. The summed E-state index contributed by atoms with van der Waals surface area (Å²) in [5.74, 6) is -0.735. The summed E-state index contributed by atoms with van der Waals surface area (Å²) < 4.78 is 15.8. The first kappa shape index (κ1) is 19.4. The number of ether oxygens (including phenoxy) is 2. The third-order valence-electron chi connectivity index (χ3n) is 4.72. The molecule has 0 amide bonds. The summed E-state index contributed by atoms with van der Waals surface area (Å²) >= 11 is 0. The quantitative estimate of drug-likeness (QED) is 0.283. The zero-order valence-electron chi connectivity index (χ0n) is 16.4. The van der Waals surface area contributed by atoms with E-state index in [-0.39, 0.29) is 5.43 Å². The molecular formula is C24H18O6. The Hall–Kier alpha value is -3.93. The molecule has 0 atom stereocenters. The Labute approximate surface area is 172 Å². The lowest BCUT2D eigenvalue weighted by atomic mass is 9.90. The molecule has 0 N–H and O–H groups in total. The van der Waals surface area contributed by atoms with Gasteiger partial charge in [0.25, 0.3) is 0 Å². The van der Waals surface area contributed by atoms with Gasteiger partial charge in [0.05, 0.1) is 5.56 Å². The molecule has 1 heterocycles. The molecule has 0 spiro atoms. The summed E-state index contributed by atoms with van der Waals surface area (Å²) in [6, 6.07) is 17.3. The molecular weight excluding hydrogens is 384 g/mol. The lowest BCUT2D eigenvalue weighted by molar-refractivity contribution is -0.149. The third-order valence-corrected chi connectivity index (χ3v) is 4.72. The first-order chi connectivity index (χ1) is 14.4. The van der Waals surface area contributed by atoms with Crippen molar-refractivity contribution in [2.75, 3.05) is 6.79 Å². The average Bonchev–Trinajstić information content (AvgIpc) is 2.71. The van der Waals surface area contributed by atoms with Gasteiger partial charge >= 0.3 is 11.9 Å². The number of carbonyl (C=O) groups is 2. The van der Waals surface area contributed by atoms with E-state index in [1.54, 1.807) is 18.2 Å². The number of benzene rings is 3. The Balaban J connectivity index is 1.94. The SMILES string of the molecule is CC(=O)OCOC(=O)c1ccccc1-c1c2ccc(=O)cc-2oc2cc(C)ccc12. The Kier molecular flexibility index (Phi) is 5.06. The zero-order valence-corrected chi connectivity index (χ0v) is 16.4. The molecule has 4 rings (SSSR count). The Morgan fingerprint density at radius 2 is 1.73 bits per heavy atom. The van der Waals surface area contributed by atoms with E-state index in [1.807, 2.05) is 37.3 Å². The van der Waals surface area contributed by atoms with Crippen LogP contribution in [0.3, 0.4) is 0 Å². The van der Waals surface area contributed by atoms with Crippen molar-refractivity contribution in [3.8, 4) is 22.5 Å². The van der Waals surface area contributed by atoms with Gasteiger partial charge in [0, 0.05) is 29.5 Å². The second-order valence-electron chi connectivity index (χ2n) is 6.87. The van der Waals surface area contributed by atoms with Crippen LogP contribution in [0.2, 0.25) is 0 Å². The average molecular weight is 402 g/mol. The van der Waals surface area contributed by atoms with Crippen molar-refractivity contribution in [1.82, 2.24) is 0 Å². The van der Waals surface area contributed by atoms with Gasteiger partial charge in [-0.05, 0) is 42.3 Å². The molecule has 2 aromatic carbocycles. The first-order valence-electron chi connectivity index (χ1n) is 9.31. The smallest absolute Gasteiger partial charge is 0.341 e. The van der Waals surface area contributed by atoms with Crippen LogP contribution in [-0.4, -0.2) is 18.7 Å². The van der Waals surface area contributed by atoms with Crippen LogP contribution in [0.15, 0.2) is 69.9 Å². The van der Waals surface area contributed by atoms with Gasteiger partial charge in [0.1, 0.15) is 11.3 Å². The van der Waals surface area contributed by atoms with Gasteiger partial charge in [0.15, 0.2) is 5.43 Å². The van der Waals surface area contributed by atoms with Crippen molar-refractivity contribution in [3.63, 3.8) is 0 Å². The highest BCUT2D eigenvalue weighted by molar-refractivity contribution is 6.07. The van der Waals surface area contributed by atoms with Crippen LogP contribution in [-0.2, 0) is 14.3 Å². The predicted molar refractivity (Wildman–Crippen MR) is 111 cm³/mol. The highest BCUT2D eigenvalue weighted by atomic mass is 16.7. The summed E-state index contributed by atoms with van der Waals surface area (Å²) in [5, 5.41) is 0.798. The summed E-state index contributed by atoms with van der Waals surface area (Å²) in [4.78, 5) is 35.6. The Morgan fingerprint density at radius 1 is 0.933 bits per heavy atom. The van der Waals surface area contributed by atoms with E-state index in [1.165, 1.54) is 19.1 Å². The lowest BCUT2D eigenvalue weighted by Crippen LogP contribution is -2.12. The molecule has 1 aliphatic heterocycles. The molecule has 0 radical (unpaired) electrons. The minimum Gasteiger partial charge on any atom is -0.456 e. The molecule has 0 fully saturated rings. The maximum Gasteiger partial charge on any atom is 0.341 e. The van der Waals surface area contributed by atoms with Crippen LogP contribution in [0, 0.1) is 6.92 Å². The van der Waals surface area contributed by atoms with Gasteiger partial charge in [-0.25, -0.2) is 4.79 Å². The van der Waals surface area contributed by atoms with E-state index in [9.17, 15) is 14.4 Å². The lowest BCUT2D eigenvalue weighted by Gasteiger charge is -2.17. The highest BCUT2D eigenvalue weighted by Gasteiger charge is 2.22.